The number of hydrogen-bond acceptors (Lipinski definition) is 6. The monoisotopic (exact) mass is 297 g/mol. The molecule has 0 atom stereocenters. The van der Waals surface area contributed by atoms with Crippen molar-refractivity contribution in [2.75, 3.05) is 5.32 Å². The molecule has 1 aromatic carbocycles. The minimum Gasteiger partial charge on any atom is -0.360 e. The number of rotatable bonds is 3. The number of halogens is 1. The molecular weight excluding hydrogens is 290 g/mol. The Labute approximate surface area is 124 Å². The fourth-order valence-electron chi connectivity index (χ4n) is 1.81. The summed E-state index contributed by atoms with van der Waals surface area (Å²) in [6, 6.07) is 9.36. The average Bonchev–Trinajstić information content (AvgIpc) is 3.02. The summed E-state index contributed by atoms with van der Waals surface area (Å²) in [5.41, 5.74) is 1.72. The number of nitrogens with one attached hydrogen (secondary N) is 2. The molecule has 8 heteroatoms. The predicted octanol–water partition coefficient (Wildman–Crippen LogP) is 2.38. The van der Waals surface area contributed by atoms with Gasteiger partial charge in [-0.1, -0.05) is 17.7 Å². The highest BCUT2D eigenvalue weighted by Gasteiger charge is 2.06. The van der Waals surface area contributed by atoms with Crippen LogP contribution in [0.5, 0.6) is 0 Å². The average molecular weight is 298 g/mol. The number of nitrogens with zero attached hydrogens (tertiary/aromatic N) is 5. The molecule has 0 saturated heterocycles. The molecule has 102 valence electrons. The molecule has 0 amide bonds. The number of H-pyrrole nitrogens is 1. The van der Waals surface area contributed by atoms with E-state index in [1.54, 1.807) is 12.3 Å². The van der Waals surface area contributed by atoms with Crippen LogP contribution in [-0.2, 0) is 0 Å². The van der Waals surface area contributed by atoms with Gasteiger partial charge in [-0.2, -0.15) is 10.5 Å². The van der Waals surface area contributed by atoms with E-state index in [-0.39, 0.29) is 11.4 Å². The molecule has 0 aliphatic carbocycles. The van der Waals surface area contributed by atoms with Gasteiger partial charge in [0.15, 0.2) is 0 Å². The van der Waals surface area contributed by atoms with E-state index in [1.165, 1.54) is 6.20 Å². The Balaban J connectivity index is 1.93. The maximum atomic E-state index is 9.09. The Hall–Kier alpha value is -2.98. The number of pyridine rings is 1. The van der Waals surface area contributed by atoms with E-state index in [2.05, 4.69) is 30.9 Å². The molecule has 0 bridgehead atoms. The molecule has 0 aliphatic heterocycles. The van der Waals surface area contributed by atoms with Gasteiger partial charge in [-0.15, -0.1) is 10.2 Å². The third kappa shape index (κ3) is 2.66. The van der Waals surface area contributed by atoms with Crippen molar-refractivity contribution in [3.8, 4) is 6.07 Å². The van der Waals surface area contributed by atoms with Crippen molar-refractivity contribution in [2.45, 2.75) is 0 Å². The number of benzene rings is 1. The Kier molecular flexibility index (Phi) is 3.45. The summed E-state index contributed by atoms with van der Waals surface area (Å²) in [7, 11) is 0. The lowest BCUT2D eigenvalue weighted by Gasteiger charge is -2.05. The highest BCUT2D eigenvalue weighted by molar-refractivity contribution is 6.35. The number of hydrogen-bond donors (Lipinski definition) is 2. The molecule has 2 N–H and O–H groups in total. The van der Waals surface area contributed by atoms with Gasteiger partial charge in [-0.25, -0.2) is 0 Å². The van der Waals surface area contributed by atoms with Crippen LogP contribution in [0.1, 0.15) is 5.82 Å². The van der Waals surface area contributed by atoms with E-state index < -0.39 is 0 Å². The van der Waals surface area contributed by atoms with Crippen molar-refractivity contribution in [3.63, 3.8) is 0 Å². The lowest BCUT2D eigenvalue weighted by atomic mass is 10.2. The van der Waals surface area contributed by atoms with Gasteiger partial charge in [-0.3, -0.25) is 4.98 Å². The van der Waals surface area contributed by atoms with Crippen molar-refractivity contribution >= 4 is 33.8 Å². The minimum absolute atomic E-state index is 0.221. The molecule has 2 aromatic heterocycles. The summed E-state index contributed by atoms with van der Waals surface area (Å²) in [4.78, 5) is 4.21. The lowest BCUT2D eigenvalue weighted by molar-refractivity contribution is 0.881. The Morgan fingerprint density at radius 2 is 2.33 bits per heavy atom. The summed E-state index contributed by atoms with van der Waals surface area (Å²) in [6.07, 6.45) is 3.18. The first-order chi connectivity index (χ1) is 10.3. The topological polar surface area (TPSA) is 103 Å². The minimum atomic E-state index is 0.221. The van der Waals surface area contributed by atoms with Crippen LogP contribution in [0.2, 0.25) is 5.02 Å². The first-order valence-corrected chi connectivity index (χ1v) is 6.30. The van der Waals surface area contributed by atoms with Crippen LogP contribution in [0.4, 0.5) is 5.69 Å². The molecular formula is C13H8ClN7. The van der Waals surface area contributed by atoms with E-state index in [4.69, 9.17) is 16.9 Å². The number of fused-ring (bicyclic) bond motifs is 1. The maximum absolute atomic E-state index is 9.09. The van der Waals surface area contributed by atoms with Crippen molar-refractivity contribution < 1.29 is 0 Å². The van der Waals surface area contributed by atoms with Gasteiger partial charge in [0.1, 0.15) is 11.6 Å². The van der Waals surface area contributed by atoms with Crippen LogP contribution in [-0.4, -0.2) is 25.6 Å². The van der Waals surface area contributed by atoms with Gasteiger partial charge in [0.2, 0.25) is 5.82 Å². The zero-order valence-corrected chi connectivity index (χ0v) is 11.3. The molecule has 3 rings (SSSR count). The van der Waals surface area contributed by atoms with Crippen LogP contribution in [0, 0.1) is 11.3 Å². The number of nitriles is 1. The number of allylic oxidation sites excluding steroid dienone is 1. The SMILES string of the molecule is N#CC(=CNc1cc(Cl)c2ncccc2c1)c1nn[nH]n1. The van der Waals surface area contributed by atoms with Crippen molar-refractivity contribution in [3.05, 3.63) is 47.5 Å². The second-order valence-corrected chi connectivity index (χ2v) is 4.49. The molecule has 0 fully saturated rings. The summed E-state index contributed by atoms with van der Waals surface area (Å²) < 4.78 is 0. The summed E-state index contributed by atoms with van der Waals surface area (Å²) in [6.45, 7) is 0. The first-order valence-electron chi connectivity index (χ1n) is 5.93. The van der Waals surface area contributed by atoms with Crippen molar-refractivity contribution in [1.29, 1.82) is 5.26 Å². The molecule has 0 saturated carbocycles. The number of anilines is 1. The van der Waals surface area contributed by atoms with E-state index in [0.29, 0.717) is 5.02 Å². The fraction of sp³-hybridized carbons (Fsp3) is 0. The summed E-state index contributed by atoms with van der Waals surface area (Å²) in [5, 5.41) is 26.7. The van der Waals surface area contributed by atoms with Crippen LogP contribution in [0.15, 0.2) is 36.7 Å². The third-order valence-corrected chi connectivity index (χ3v) is 3.04. The van der Waals surface area contributed by atoms with Crippen LogP contribution >= 0.6 is 11.6 Å². The first kappa shape index (κ1) is 13.0. The number of aromatic nitrogens is 5. The van der Waals surface area contributed by atoms with Gasteiger partial charge in [-0.05, 0) is 23.4 Å². The molecule has 0 radical (unpaired) electrons. The molecule has 7 nitrogen and oxygen atoms in total. The molecule has 0 spiro atoms. The van der Waals surface area contributed by atoms with Crippen LogP contribution in [0.3, 0.4) is 0 Å². The van der Waals surface area contributed by atoms with Gasteiger partial charge in [0.25, 0.3) is 0 Å². The Morgan fingerprint density at radius 1 is 1.43 bits per heavy atom. The normalized spacial score (nSPS) is 11.3. The standard InChI is InChI=1S/C13H8ClN7/c14-11-5-10(4-8-2-1-3-16-12(8)11)17-7-9(6-15)13-18-20-21-19-13/h1-5,7,17H,(H,18,19,20,21). The Bertz CT molecular complexity index is 849. The van der Waals surface area contributed by atoms with Gasteiger partial charge >= 0.3 is 0 Å². The van der Waals surface area contributed by atoms with E-state index in [1.807, 2.05) is 24.3 Å². The second-order valence-electron chi connectivity index (χ2n) is 4.08. The number of tetrazole rings is 1. The second kappa shape index (κ2) is 5.56. The zero-order valence-electron chi connectivity index (χ0n) is 10.6. The highest BCUT2D eigenvalue weighted by Crippen LogP contribution is 2.26. The summed E-state index contributed by atoms with van der Waals surface area (Å²) >= 11 is 6.18. The largest absolute Gasteiger partial charge is 0.360 e. The maximum Gasteiger partial charge on any atom is 0.216 e. The van der Waals surface area contributed by atoms with Gasteiger partial charge in [0.05, 0.1) is 10.5 Å². The van der Waals surface area contributed by atoms with E-state index >= 15 is 0 Å². The predicted molar refractivity (Wildman–Crippen MR) is 78.1 cm³/mol. The van der Waals surface area contributed by atoms with Gasteiger partial charge in [0, 0.05) is 23.5 Å². The Morgan fingerprint density at radius 3 is 3.10 bits per heavy atom. The van der Waals surface area contributed by atoms with Gasteiger partial charge < -0.3 is 5.32 Å². The molecule has 2 heterocycles. The van der Waals surface area contributed by atoms with Crippen LogP contribution < -0.4 is 5.32 Å². The summed E-state index contributed by atoms with van der Waals surface area (Å²) in [5.74, 6) is 0.221. The fourth-order valence-corrected chi connectivity index (χ4v) is 2.08. The van der Waals surface area contributed by atoms with E-state index in [0.717, 1.165) is 16.6 Å². The van der Waals surface area contributed by atoms with Crippen LogP contribution in [0.25, 0.3) is 16.5 Å². The van der Waals surface area contributed by atoms with Crippen molar-refractivity contribution in [2.24, 2.45) is 0 Å². The molecule has 0 unspecified atom stereocenters. The molecule has 0 aliphatic rings. The van der Waals surface area contributed by atoms with E-state index in [9.17, 15) is 0 Å². The smallest absolute Gasteiger partial charge is 0.216 e. The highest BCUT2D eigenvalue weighted by atomic mass is 35.5. The third-order valence-electron chi connectivity index (χ3n) is 2.75. The lowest BCUT2D eigenvalue weighted by Crippen LogP contribution is -1.93. The molecule has 21 heavy (non-hydrogen) atoms. The molecule has 3 aromatic rings. The number of aromatic amines is 1. The zero-order chi connectivity index (χ0) is 14.7. The van der Waals surface area contributed by atoms with Crippen molar-refractivity contribution in [1.82, 2.24) is 25.6 Å². The quantitative estimate of drug-likeness (QED) is 0.719.